The van der Waals surface area contributed by atoms with Gasteiger partial charge in [-0.05, 0) is 12.8 Å². The van der Waals surface area contributed by atoms with Crippen LogP contribution in [0.4, 0.5) is 0 Å². The molecule has 0 aromatic rings. The summed E-state index contributed by atoms with van der Waals surface area (Å²) in [6, 6.07) is 0. The van der Waals surface area contributed by atoms with E-state index in [1.54, 1.807) is 0 Å². The average molecular weight is 189 g/mol. The van der Waals surface area contributed by atoms with Crippen LogP contribution >= 0.6 is 0 Å². The maximum Gasteiger partial charge on any atom is 0.306 e. The Kier molecular flexibility index (Phi) is 8.96. The molecule has 0 aliphatic rings. The van der Waals surface area contributed by atoms with Gasteiger partial charge in [-0.1, -0.05) is 20.3 Å². The van der Waals surface area contributed by atoms with Crippen molar-refractivity contribution < 1.29 is 26.7 Å². The van der Waals surface area contributed by atoms with Crippen LogP contribution in [0.5, 0.6) is 0 Å². The third-order valence-electron chi connectivity index (χ3n) is 1.48. The monoisotopic (exact) mass is 189 g/mol. The molecule has 0 spiro atoms. The van der Waals surface area contributed by atoms with Crippen LogP contribution in [0.2, 0.25) is 0 Å². The Hall–Kier alpha value is -0.0235. The Balaban J connectivity index is 0. The van der Waals surface area contributed by atoms with Crippen molar-refractivity contribution >= 4 is 5.97 Å². The fourth-order valence-corrected chi connectivity index (χ4v) is 0.851. The summed E-state index contributed by atoms with van der Waals surface area (Å²) in [4.78, 5) is 10.3. The maximum absolute atomic E-state index is 10.3. The number of rotatable bonds is 4. The molecule has 1 N–H and O–H groups in total. The molecule has 63 valence electrons. The van der Waals surface area contributed by atoms with Crippen LogP contribution in [0.3, 0.4) is 0 Å². The van der Waals surface area contributed by atoms with Gasteiger partial charge >= 0.3 is 5.97 Å². The molecule has 0 bridgehead atoms. The fraction of sp³-hybridized carbons (Fsp3) is 0.857. The molecule has 0 amide bonds. The number of aliphatic carboxylic acids is 1. The third kappa shape index (κ3) is 4.82. The topological polar surface area (TPSA) is 37.3 Å². The van der Waals surface area contributed by atoms with E-state index in [4.69, 9.17) is 5.11 Å². The number of carboxylic acid groups (broad SMARTS) is 1. The Morgan fingerprint density at radius 1 is 1.50 bits per heavy atom. The number of hydrogen-bond donors (Lipinski definition) is 1. The number of carboxylic acids is 1. The molecule has 0 aliphatic heterocycles. The molecule has 0 fully saturated rings. The van der Waals surface area contributed by atoms with Crippen molar-refractivity contribution in [3.8, 4) is 0 Å². The van der Waals surface area contributed by atoms with Gasteiger partial charge in [-0.15, -0.1) is 0 Å². The van der Waals surface area contributed by atoms with Crippen molar-refractivity contribution in [2.75, 3.05) is 0 Å². The zero-order chi connectivity index (χ0) is 7.28. The van der Waals surface area contributed by atoms with E-state index in [0.717, 1.165) is 19.3 Å². The zero-order valence-corrected chi connectivity index (χ0v) is 7.43. The van der Waals surface area contributed by atoms with Gasteiger partial charge in [-0.2, -0.15) is 0 Å². The van der Waals surface area contributed by atoms with Crippen LogP contribution < -0.4 is 0 Å². The Morgan fingerprint density at radius 2 is 2.00 bits per heavy atom. The van der Waals surface area contributed by atoms with Crippen molar-refractivity contribution in [1.29, 1.82) is 0 Å². The van der Waals surface area contributed by atoms with Crippen LogP contribution in [-0.4, -0.2) is 11.1 Å². The van der Waals surface area contributed by atoms with Crippen LogP contribution in [0.15, 0.2) is 0 Å². The van der Waals surface area contributed by atoms with Gasteiger partial charge in [0.05, 0.1) is 5.92 Å². The van der Waals surface area contributed by atoms with Gasteiger partial charge < -0.3 is 5.11 Å². The molecule has 0 saturated heterocycles. The van der Waals surface area contributed by atoms with Gasteiger partial charge in [0.2, 0.25) is 0 Å². The molecule has 1 atom stereocenters. The molecule has 0 rings (SSSR count). The van der Waals surface area contributed by atoms with E-state index in [1.165, 1.54) is 0 Å². The van der Waals surface area contributed by atoms with Gasteiger partial charge in [0, 0.05) is 16.8 Å². The van der Waals surface area contributed by atoms with Crippen LogP contribution in [-0.2, 0) is 21.6 Å². The summed E-state index contributed by atoms with van der Waals surface area (Å²) in [5.74, 6) is -0.769. The van der Waals surface area contributed by atoms with Crippen molar-refractivity contribution in [3.63, 3.8) is 0 Å². The van der Waals surface area contributed by atoms with E-state index in [9.17, 15) is 4.79 Å². The third-order valence-corrected chi connectivity index (χ3v) is 1.48. The zero-order valence-electron chi connectivity index (χ0n) is 6.39. The predicted molar refractivity (Wildman–Crippen MR) is 36.3 cm³/mol. The minimum absolute atomic E-state index is 0. The molecular weight excluding hydrogens is 175 g/mol. The smallest absolute Gasteiger partial charge is 0.306 e. The second kappa shape index (κ2) is 7.09. The van der Waals surface area contributed by atoms with Crippen LogP contribution in [0, 0.1) is 5.92 Å². The Bertz CT molecular complexity index is 93.6. The molecule has 0 saturated carbocycles. The van der Waals surface area contributed by atoms with Gasteiger partial charge in [0.1, 0.15) is 0 Å². The first kappa shape index (κ1) is 12.6. The number of hydrogen-bond acceptors (Lipinski definition) is 1. The number of carbonyl (C=O) groups is 1. The second-order valence-corrected chi connectivity index (χ2v) is 2.23. The average Bonchev–Trinajstić information content (AvgIpc) is 1.82. The first-order chi connectivity index (χ1) is 4.22. The predicted octanol–water partition coefficient (Wildman–Crippen LogP) is 1.89. The minimum Gasteiger partial charge on any atom is -0.481 e. The molecule has 0 heterocycles. The summed E-state index contributed by atoms with van der Waals surface area (Å²) in [6.07, 6.45) is 2.53. The molecule has 2 nitrogen and oxygen atoms in total. The van der Waals surface area contributed by atoms with Crippen LogP contribution in [0.25, 0.3) is 0 Å². The second-order valence-electron chi connectivity index (χ2n) is 2.23. The summed E-state index contributed by atoms with van der Waals surface area (Å²) in [6.45, 7) is 3.92. The maximum atomic E-state index is 10.3. The first-order valence-corrected chi connectivity index (χ1v) is 3.45. The van der Waals surface area contributed by atoms with Gasteiger partial charge in [0.15, 0.2) is 0 Å². The Morgan fingerprint density at radius 3 is 2.10 bits per heavy atom. The van der Waals surface area contributed by atoms with Gasteiger partial charge in [-0.25, -0.2) is 0 Å². The van der Waals surface area contributed by atoms with E-state index in [0.29, 0.717) is 0 Å². The van der Waals surface area contributed by atoms with E-state index in [1.807, 2.05) is 13.8 Å². The molecule has 1 unspecified atom stereocenters. The SMILES string of the molecule is CCCC(CC)C(=O)O.[Co]. The largest absolute Gasteiger partial charge is 0.481 e. The quantitative estimate of drug-likeness (QED) is 0.733. The van der Waals surface area contributed by atoms with E-state index in [-0.39, 0.29) is 22.7 Å². The molecule has 0 aliphatic carbocycles. The molecule has 1 radical (unpaired) electrons. The van der Waals surface area contributed by atoms with Crippen molar-refractivity contribution in [2.24, 2.45) is 5.92 Å². The Labute approximate surface area is 72.2 Å². The van der Waals surface area contributed by atoms with E-state index < -0.39 is 5.97 Å². The van der Waals surface area contributed by atoms with E-state index >= 15 is 0 Å². The molecule has 0 aromatic heterocycles. The summed E-state index contributed by atoms with van der Waals surface area (Å²) < 4.78 is 0. The van der Waals surface area contributed by atoms with Gasteiger partial charge in [-0.3, -0.25) is 4.79 Å². The van der Waals surface area contributed by atoms with Crippen molar-refractivity contribution in [2.45, 2.75) is 33.1 Å². The van der Waals surface area contributed by atoms with Crippen LogP contribution in [0.1, 0.15) is 33.1 Å². The summed E-state index contributed by atoms with van der Waals surface area (Å²) >= 11 is 0. The van der Waals surface area contributed by atoms with E-state index in [2.05, 4.69) is 0 Å². The van der Waals surface area contributed by atoms with Gasteiger partial charge in [0.25, 0.3) is 0 Å². The van der Waals surface area contributed by atoms with Crippen molar-refractivity contribution in [1.82, 2.24) is 0 Å². The first-order valence-electron chi connectivity index (χ1n) is 3.45. The summed E-state index contributed by atoms with van der Waals surface area (Å²) in [7, 11) is 0. The standard InChI is InChI=1S/C7H14O2.Co/c1-3-5-6(4-2)7(8)9;/h6H,3-5H2,1-2H3,(H,8,9);. The molecular formula is C7H14CoO2. The minimum atomic E-state index is -0.653. The molecule has 0 aromatic carbocycles. The molecule has 3 heteroatoms. The normalized spacial score (nSPS) is 11.8. The summed E-state index contributed by atoms with van der Waals surface area (Å²) in [5.41, 5.74) is 0. The molecule has 10 heavy (non-hydrogen) atoms. The summed E-state index contributed by atoms with van der Waals surface area (Å²) in [5, 5.41) is 8.50. The van der Waals surface area contributed by atoms with Crippen molar-refractivity contribution in [3.05, 3.63) is 0 Å². The fourth-order valence-electron chi connectivity index (χ4n) is 0.851.